The zero-order chi connectivity index (χ0) is 39.7. The first-order valence-corrected chi connectivity index (χ1v) is 21.6. The lowest BCUT2D eigenvalue weighted by Crippen LogP contribution is -2.78. The number of nitrogens with zero attached hydrogens (tertiary/aromatic N) is 1. The van der Waals surface area contributed by atoms with E-state index in [-0.39, 0.29) is 28.7 Å². The summed E-state index contributed by atoms with van der Waals surface area (Å²) in [7, 11) is -1.42. The molecule has 2 heterocycles. The molecule has 2 amide bonds. The van der Waals surface area contributed by atoms with Crippen LogP contribution in [-0.4, -0.2) is 72.2 Å². The molecule has 1 aliphatic carbocycles. The molecule has 54 heavy (non-hydrogen) atoms. The van der Waals surface area contributed by atoms with Gasteiger partial charge in [-0.15, -0.1) is 24.6 Å². The quantitative estimate of drug-likeness (QED) is 0.191. The summed E-state index contributed by atoms with van der Waals surface area (Å²) in [5.41, 5.74) is -4.04. The van der Waals surface area contributed by atoms with Gasteiger partial charge in [0.05, 0.1) is 13.2 Å². The van der Waals surface area contributed by atoms with Gasteiger partial charge in [0.25, 0.3) is 8.32 Å². The van der Waals surface area contributed by atoms with Gasteiger partial charge in [-0.3, -0.25) is 9.69 Å². The van der Waals surface area contributed by atoms with Gasteiger partial charge in [0, 0.05) is 29.0 Å². The average molecular weight is 771 g/mol. The number of ether oxygens (including phenoxy) is 2. The van der Waals surface area contributed by atoms with Gasteiger partial charge in [-0.25, -0.2) is 4.79 Å². The Morgan fingerprint density at radius 1 is 0.907 bits per heavy atom. The molecule has 6 rings (SSSR count). The topological polar surface area (TPSA) is 97.3 Å². The van der Waals surface area contributed by atoms with Crippen molar-refractivity contribution in [2.24, 2.45) is 11.3 Å². The van der Waals surface area contributed by atoms with Crippen molar-refractivity contribution in [1.82, 2.24) is 10.2 Å². The fourth-order valence-corrected chi connectivity index (χ4v) is 15.6. The highest BCUT2D eigenvalue weighted by molar-refractivity contribution is 8.00. The molecule has 1 saturated carbocycles. The summed E-state index contributed by atoms with van der Waals surface area (Å²) in [6.07, 6.45) is 8.91. The molecule has 3 aliphatic rings. The van der Waals surface area contributed by atoms with Crippen molar-refractivity contribution in [2.45, 2.75) is 119 Å². The highest BCUT2D eigenvalue weighted by Crippen LogP contribution is 2.58. The Kier molecular flexibility index (Phi) is 11.8. The number of aliphatic hydroxyl groups is 1. The van der Waals surface area contributed by atoms with Gasteiger partial charge in [0.1, 0.15) is 22.6 Å². The van der Waals surface area contributed by atoms with Crippen LogP contribution in [0.15, 0.2) is 89.8 Å². The fraction of sp³-hybridized carbons (Fsp3) is 0.500. The van der Waals surface area contributed by atoms with Crippen molar-refractivity contribution in [3.05, 3.63) is 84.9 Å². The number of rotatable bonds is 7. The molecular weight excluding hydrogens is 713 g/mol. The van der Waals surface area contributed by atoms with Crippen LogP contribution in [-0.2, 0) is 14.0 Å². The molecule has 3 fully saturated rings. The minimum absolute atomic E-state index is 0.244. The van der Waals surface area contributed by atoms with Crippen molar-refractivity contribution in [3.63, 3.8) is 0 Å². The third-order valence-corrected chi connectivity index (χ3v) is 17.8. The molecule has 290 valence electrons. The highest BCUT2D eigenvalue weighted by Gasteiger charge is 2.68. The van der Waals surface area contributed by atoms with E-state index in [0.29, 0.717) is 25.8 Å². The second-order valence-corrected chi connectivity index (χ2v) is 23.0. The van der Waals surface area contributed by atoms with Crippen LogP contribution in [0.1, 0.15) is 81.1 Å². The summed E-state index contributed by atoms with van der Waals surface area (Å²) in [6, 6.07) is 29.3. The largest absolute Gasteiger partial charge is 0.497 e. The van der Waals surface area contributed by atoms with E-state index >= 15 is 0 Å². The van der Waals surface area contributed by atoms with E-state index in [1.807, 2.05) is 57.2 Å². The van der Waals surface area contributed by atoms with E-state index in [1.165, 1.54) is 10.4 Å². The molecular formula is C44H58N2O6SSi. The van der Waals surface area contributed by atoms with Crippen LogP contribution >= 0.6 is 11.8 Å². The Hall–Kier alpha value is -3.75. The summed E-state index contributed by atoms with van der Waals surface area (Å²) in [6.45, 7) is 17.2. The third kappa shape index (κ3) is 7.57. The molecule has 5 atom stereocenters. The summed E-state index contributed by atoms with van der Waals surface area (Å²) in [5, 5.41) is 17.7. The third-order valence-electron chi connectivity index (χ3n) is 11.5. The number of methoxy groups -OCH3 is 1. The van der Waals surface area contributed by atoms with E-state index in [9.17, 15) is 14.7 Å². The van der Waals surface area contributed by atoms with Crippen molar-refractivity contribution < 1.29 is 28.6 Å². The summed E-state index contributed by atoms with van der Waals surface area (Å²) in [5.74, 6) is 0.0182. The lowest BCUT2D eigenvalue weighted by Gasteiger charge is -2.62. The first kappa shape index (κ1) is 41.4. The van der Waals surface area contributed by atoms with Crippen LogP contribution in [0, 0.1) is 24.2 Å². The molecule has 2 saturated heterocycles. The Balaban J connectivity index is 0.00000276. The zero-order valence-electron chi connectivity index (χ0n) is 33.3. The molecule has 0 bridgehead atoms. The monoisotopic (exact) mass is 770 g/mol. The van der Waals surface area contributed by atoms with E-state index in [4.69, 9.17) is 13.9 Å². The van der Waals surface area contributed by atoms with E-state index in [1.54, 1.807) is 23.8 Å². The molecule has 1 spiro atoms. The number of amides is 2. The van der Waals surface area contributed by atoms with Crippen molar-refractivity contribution in [1.29, 1.82) is 0 Å². The maximum absolute atomic E-state index is 14.4. The number of benzene rings is 3. The van der Waals surface area contributed by atoms with E-state index < -0.39 is 42.6 Å². The summed E-state index contributed by atoms with van der Waals surface area (Å²) >= 11 is 1.67. The molecule has 0 aromatic heterocycles. The molecule has 10 heteroatoms. The van der Waals surface area contributed by atoms with Gasteiger partial charge >= 0.3 is 6.09 Å². The Labute approximate surface area is 327 Å². The van der Waals surface area contributed by atoms with Gasteiger partial charge in [-0.05, 0) is 85.1 Å². The first-order valence-electron chi connectivity index (χ1n) is 18.8. The number of fused-ring (bicyclic) bond motifs is 1. The number of piperidine rings is 1. The molecule has 3 aromatic carbocycles. The summed E-state index contributed by atoms with van der Waals surface area (Å²) in [4.78, 5) is 30.7. The van der Waals surface area contributed by atoms with Gasteiger partial charge < -0.3 is 24.3 Å². The van der Waals surface area contributed by atoms with Gasteiger partial charge in [0.2, 0.25) is 5.91 Å². The van der Waals surface area contributed by atoms with Crippen LogP contribution in [0.3, 0.4) is 0 Å². The maximum atomic E-state index is 14.4. The summed E-state index contributed by atoms with van der Waals surface area (Å²) < 4.78 is 19.3. The van der Waals surface area contributed by atoms with Gasteiger partial charge in [-0.2, -0.15) is 0 Å². The number of thioether (sulfide) groups is 1. The Morgan fingerprint density at radius 2 is 1.46 bits per heavy atom. The Bertz CT molecular complexity index is 1750. The van der Waals surface area contributed by atoms with Crippen LogP contribution in [0.2, 0.25) is 5.04 Å². The van der Waals surface area contributed by atoms with Gasteiger partial charge in [-0.1, -0.05) is 95.3 Å². The van der Waals surface area contributed by atoms with Gasteiger partial charge in [0.15, 0.2) is 0 Å². The molecule has 2 N–H and O–H groups in total. The van der Waals surface area contributed by atoms with Crippen molar-refractivity contribution in [3.8, 4) is 18.6 Å². The predicted molar refractivity (Wildman–Crippen MR) is 220 cm³/mol. The van der Waals surface area contributed by atoms with Crippen LogP contribution < -0.4 is 20.4 Å². The van der Waals surface area contributed by atoms with Crippen molar-refractivity contribution >= 4 is 42.5 Å². The SMILES string of the molecule is C#C.COc1ccc(SC2CC3(O)NC(=O)C4(CCCN4C(=O)OC(C)(C)C)CC3C(C)(C)C2O[Si](c2ccccc2)(c2ccccc2)C(C)(C)C)cc1. The number of hydrogen-bond donors (Lipinski definition) is 2. The molecule has 0 radical (unpaired) electrons. The van der Waals surface area contributed by atoms with E-state index in [0.717, 1.165) is 10.6 Å². The number of carbonyl (C=O) groups is 2. The number of hydrogen-bond acceptors (Lipinski definition) is 7. The van der Waals surface area contributed by atoms with E-state index in [2.05, 4.69) is 101 Å². The standard InChI is InChI=1S/C42H56N2O6SSi.C2H2/c1-38(2,3)49-37(46)44-26-16-25-41(44)28-34-40(7,8)35(33(27-42(34,47)43-36(41)45)51-30-23-21-29(48-9)22-24-30)50-52(39(4,5)6,31-17-12-10-13-18-31)32-19-14-11-15-20-32;1-2/h10-15,17-24,33-35,47H,16,25-28H2,1-9H3,(H,43,45);1-2H. The lowest BCUT2D eigenvalue weighted by atomic mass is 9.57. The first-order chi connectivity index (χ1) is 25.4. The molecule has 2 aliphatic heterocycles. The lowest BCUT2D eigenvalue weighted by molar-refractivity contribution is -0.199. The number of terminal acetylenes is 1. The molecule has 5 unspecified atom stereocenters. The number of nitrogens with one attached hydrogen (secondary N) is 1. The highest BCUT2D eigenvalue weighted by atomic mass is 32.2. The van der Waals surface area contributed by atoms with Crippen molar-refractivity contribution in [2.75, 3.05) is 13.7 Å². The maximum Gasteiger partial charge on any atom is 0.411 e. The second kappa shape index (κ2) is 15.4. The predicted octanol–water partition coefficient (Wildman–Crippen LogP) is 7.37. The Morgan fingerprint density at radius 3 is 1.96 bits per heavy atom. The normalized spacial score (nSPS) is 26.6. The van der Waals surface area contributed by atoms with Crippen LogP contribution in [0.25, 0.3) is 0 Å². The smallest absolute Gasteiger partial charge is 0.411 e. The second-order valence-electron chi connectivity index (χ2n) is 17.5. The minimum atomic E-state index is -3.08. The average Bonchev–Trinajstić information content (AvgIpc) is 3.55. The fourth-order valence-electron chi connectivity index (χ4n) is 9.11. The van der Waals surface area contributed by atoms with Crippen LogP contribution in [0.5, 0.6) is 5.75 Å². The number of carbonyl (C=O) groups excluding carboxylic acids is 2. The molecule has 8 nitrogen and oxygen atoms in total. The minimum Gasteiger partial charge on any atom is -0.497 e. The number of likely N-dealkylation sites (tertiary alicyclic amines) is 1. The zero-order valence-corrected chi connectivity index (χ0v) is 35.2. The van der Waals surface area contributed by atoms with Crippen LogP contribution in [0.4, 0.5) is 4.79 Å². The molecule has 3 aromatic rings.